The number of benzene rings is 1. The van der Waals surface area contributed by atoms with Gasteiger partial charge in [0, 0.05) is 18.6 Å². The Morgan fingerprint density at radius 2 is 2.03 bits per heavy atom. The number of hydrogen-bond acceptors (Lipinski definition) is 4. The molecule has 29 heavy (non-hydrogen) atoms. The van der Waals surface area contributed by atoms with Crippen LogP contribution in [-0.2, 0) is 6.42 Å². The van der Waals surface area contributed by atoms with Gasteiger partial charge in [0.05, 0.1) is 17.8 Å². The van der Waals surface area contributed by atoms with E-state index in [9.17, 15) is 9.90 Å². The number of nitrogens with zero attached hydrogens (tertiary/aromatic N) is 3. The molecule has 6 heteroatoms. The fraction of sp³-hybridized carbons (Fsp3) is 0.348. The first-order valence-corrected chi connectivity index (χ1v) is 10.1. The van der Waals surface area contributed by atoms with E-state index in [-0.39, 0.29) is 11.9 Å². The molecular formula is C23H26N4O2. The summed E-state index contributed by atoms with van der Waals surface area (Å²) in [5.41, 5.74) is 4.69. The van der Waals surface area contributed by atoms with Crippen LogP contribution in [0, 0.1) is 6.92 Å². The molecule has 2 heterocycles. The van der Waals surface area contributed by atoms with Gasteiger partial charge in [0.1, 0.15) is 5.69 Å². The van der Waals surface area contributed by atoms with E-state index in [1.165, 1.54) is 0 Å². The molecule has 1 saturated carbocycles. The average Bonchev–Trinajstić information content (AvgIpc) is 3.27. The molecular weight excluding hydrogens is 364 g/mol. The van der Waals surface area contributed by atoms with Crippen LogP contribution in [0.3, 0.4) is 0 Å². The Hall–Kier alpha value is -2.99. The number of amides is 1. The average molecular weight is 390 g/mol. The zero-order chi connectivity index (χ0) is 20.2. The van der Waals surface area contributed by atoms with Crippen molar-refractivity contribution in [3.05, 3.63) is 77.4 Å². The van der Waals surface area contributed by atoms with Crippen molar-refractivity contribution in [1.29, 1.82) is 0 Å². The molecule has 0 radical (unpaired) electrons. The van der Waals surface area contributed by atoms with Crippen molar-refractivity contribution >= 4 is 5.91 Å². The van der Waals surface area contributed by atoms with Crippen molar-refractivity contribution in [3.63, 3.8) is 0 Å². The number of aliphatic hydroxyl groups is 1. The second-order valence-electron chi connectivity index (χ2n) is 7.72. The lowest BCUT2D eigenvalue weighted by Crippen LogP contribution is -2.45. The Morgan fingerprint density at radius 3 is 2.76 bits per heavy atom. The first-order chi connectivity index (χ1) is 14.1. The summed E-state index contributed by atoms with van der Waals surface area (Å²) in [5.74, 6) is -0.216. The van der Waals surface area contributed by atoms with Gasteiger partial charge in [0.25, 0.3) is 5.91 Å². The fourth-order valence-electron chi connectivity index (χ4n) is 3.81. The zero-order valence-electron chi connectivity index (χ0n) is 16.6. The van der Waals surface area contributed by atoms with Crippen LogP contribution in [-0.4, -0.2) is 37.9 Å². The highest BCUT2D eigenvalue weighted by Gasteiger charge is 2.25. The molecule has 1 aliphatic carbocycles. The second-order valence-corrected chi connectivity index (χ2v) is 7.72. The van der Waals surface area contributed by atoms with E-state index in [0.29, 0.717) is 5.69 Å². The van der Waals surface area contributed by atoms with E-state index in [1.54, 1.807) is 12.4 Å². The van der Waals surface area contributed by atoms with Crippen molar-refractivity contribution in [3.8, 4) is 5.69 Å². The molecule has 0 aliphatic heterocycles. The summed E-state index contributed by atoms with van der Waals surface area (Å²) < 4.78 is 1.82. The summed E-state index contributed by atoms with van der Waals surface area (Å²) in [7, 11) is 0. The van der Waals surface area contributed by atoms with Crippen molar-refractivity contribution in [1.82, 2.24) is 20.1 Å². The Labute approximate surface area is 170 Å². The number of hydrogen-bond donors (Lipinski definition) is 2. The van der Waals surface area contributed by atoms with Gasteiger partial charge >= 0.3 is 0 Å². The molecule has 150 valence electrons. The molecule has 1 aliphatic rings. The van der Waals surface area contributed by atoms with Crippen LogP contribution in [0.1, 0.15) is 52.9 Å². The highest BCUT2D eigenvalue weighted by Crippen LogP contribution is 2.20. The summed E-state index contributed by atoms with van der Waals surface area (Å²) in [4.78, 5) is 17.0. The van der Waals surface area contributed by atoms with Crippen LogP contribution >= 0.6 is 0 Å². The van der Waals surface area contributed by atoms with Crippen molar-refractivity contribution in [2.75, 3.05) is 0 Å². The highest BCUT2D eigenvalue weighted by atomic mass is 16.3. The van der Waals surface area contributed by atoms with Gasteiger partial charge in [0.2, 0.25) is 0 Å². The van der Waals surface area contributed by atoms with E-state index in [0.717, 1.165) is 54.5 Å². The van der Waals surface area contributed by atoms with Crippen LogP contribution in [0.4, 0.5) is 0 Å². The van der Waals surface area contributed by atoms with Crippen LogP contribution in [0.5, 0.6) is 0 Å². The highest BCUT2D eigenvalue weighted by molar-refractivity contribution is 5.92. The Morgan fingerprint density at radius 1 is 1.24 bits per heavy atom. The third-order valence-corrected chi connectivity index (χ3v) is 5.59. The first kappa shape index (κ1) is 19.3. The van der Waals surface area contributed by atoms with Crippen LogP contribution in [0.2, 0.25) is 0 Å². The van der Waals surface area contributed by atoms with E-state index >= 15 is 0 Å². The SMILES string of the molecule is Cc1cnc(C(=O)N[C@@H]2CCCC[C@H]2O)cc1Cc1ccc(-n2cccn2)cc1. The molecule has 0 unspecified atom stereocenters. The van der Waals surface area contributed by atoms with Gasteiger partial charge in [-0.1, -0.05) is 25.0 Å². The standard InChI is InChI=1S/C23H26N4O2/c1-16-15-24-21(23(29)26-20-5-2-3-6-22(20)28)14-18(16)13-17-7-9-19(10-8-17)27-12-4-11-25-27/h4,7-12,14-15,20,22,28H,2-3,5-6,13H2,1H3,(H,26,29)/t20-,22-/m1/s1. The van der Waals surface area contributed by atoms with Gasteiger partial charge in [-0.3, -0.25) is 9.78 Å². The number of aromatic nitrogens is 3. The van der Waals surface area contributed by atoms with E-state index in [4.69, 9.17) is 0 Å². The summed E-state index contributed by atoms with van der Waals surface area (Å²) in [6, 6.07) is 11.8. The molecule has 6 nitrogen and oxygen atoms in total. The predicted octanol–water partition coefficient (Wildman–Crippen LogP) is 3.20. The number of carbonyl (C=O) groups excluding carboxylic acids is 1. The first-order valence-electron chi connectivity index (χ1n) is 10.1. The van der Waals surface area contributed by atoms with E-state index in [1.807, 2.05) is 42.1 Å². The van der Waals surface area contributed by atoms with Gasteiger partial charge in [-0.25, -0.2) is 4.68 Å². The number of aryl methyl sites for hydroxylation is 1. The van der Waals surface area contributed by atoms with E-state index in [2.05, 4.69) is 27.5 Å². The second kappa shape index (κ2) is 8.57. The van der Waals surface area contributed by atoms with Crippen LogP contribution in [0.25, 0.3) is 5.69 Å². The molecule has 0 saturated heterocycles. The van der Waals surface area contributed by atoms with Crippen molar-refractivity contribution in [2.24, 2.45) is 0 Å². The molecule has 1 aromatic carbocycles. The van der Waals surface area contributed by atoms with Gasteiger partial charge in [-0.2, -0.15) is 5.10 Å². The number of aliphatic hydroxyl groups excluding tert-OH is 1. The molecule has 3 aromatic rings. The molecule has 2 aromatic heterocycles. The summed E-state index contributed by atoms with van der Waals surface area (Å²) >= 11 is 0. The Bertz CT molecular complexity index is 967. The Kier molecular flexibility index (Phi) is 5.71. The van der Waals surface area contributed by atoms with Crippen LogP contribution < -0.4 is 5.32 Å². The topological polar surface area (TPSA) is 80.0 Å². The normalized spacial score (nSPS) is 19.1. The number of carbonyl (C=O) groups is 1. The number of nitrogens with one attached hydrogen (secondary N) is 1. The Balaban J connectivity index is 1.47. The van der Waals surface area contributed by atoms with Gasteiger partial charge in [-0.15, -0.1) is 0 Å². The third kappa shape index (κ3) is 4.54. The smallest absolute Gasteiger partial charge is 0.270 e. The molecule has 1 fully saturated rings. The van der Waals surface area contributed by atoms with Crippen LogP contribution in [0.15, 0.2) is 55.0 Å². The minimum Gasteiger partial charge on any atom is -0.391 e. The minimum atomic E-state index is -0.467. The molecule has 0 spiro atoms. The number of pyridine rings is 1. The maximum atomic E-state index is 12.7. The summed E-state index contributed by atoms with van der Waals surface area (Å²) in [5, 5.41) is 17.3. The van der Waals surface area contributed by atoms with E-state index < -0.39 is 6.10 Å². The van der Waals surface area contributed by atoms with Gasteiger partial charge in [-0.05, 0) is 67.1 Å². The molecule has 2 N–H and O–H groups in total. The summed E-state index contributed by atoms with van der Waals surface area (Å²) in [6.45, 7) is 2.01. The minimum absolute atomic E-state index is 0.183. The lowest BCUT2D eigenvalue weighted by molar-refractivity contribution is 0.0713. The third-order valence-electron chi connectivity index (χ3n) is 5.59. The maximum absolute atomic E-state index is 12.7. The predicted molar refractivity (Wildman–Crippen MR) is 111 cm³/mol. The summed E-state index contributed by atoms with van der Waals surface area (Å²) in [6.07, 6.45) is 9.28. The number of rotatable bonds is 5. The maximum Gasteiger partial charge on any atom is 0.270 e. The lowest BCUT2D eigenvalue weighted by atomic mass is 9.92. The quantitative estimate of drug-likeness (QED) is 0.701. The van der Waals surface area contributed by atoms with Crippen molar-refractivity contribution in [2.45, 2.75) is 51.2 Å². The lowest BCUT2D eigenvalue weighted by Gasteiger charge is -2.28. The molecule has 2 atom stereocenters. The molecule has 4 rings (SSSR count). The van der Waals surface area contributed by atoms with Gasteiger partial charge < -0.3 is 10.4 Å². The van der Waals surface area contributed by atoms with Gasteiger partial charge in [0.15, 0.2) is 0 Å². The molecule has 1 amide bonds. The largest absolute Gasteiger partial charge is 0.391 e. The monoisotopic (exact) mass is 390 g/mol. The fourth-order valence-corrected chi connectivity index (χ4v) is 3.81. The van der Waals surface area contributed by atoms with Crippen molar-refractivity contribution < 1.29 is 9.90 Å². The molecule has 0 bridgehead atoms. The zero-order valence-corrected chi connectivity index (χ0v) is 16.6.